The molecule has 0 bridgehead atoms. The summed E-state index contributed by atoms with van der Waals surface area (Å²) in [5.41, 5.74) is 7.25. The molecule has 11 rings (SSSR count). The molecule has 0 fully saturated rings. The first-order valence-corrected chi connectivity index (χ1v) is 23.2. The van der Waals surface area contributed by atoms with E-state index in [1.54, 1.807) is 109 Å². The van der Waals surface area contributed by atoms with Crippen LogP contribution in [0.1, 0.15) is 98.8 Å². The molecule has 7 aromatic carbocycles. The maximum atomic E-state index is 12.8. The number of hydrogen-bond donors (Lipinski definition) is 10. The smallest absolute Gasteiger partial charge is 0.135 e. The largest absolute Gasteiger partial charge is 0.512 e. The Hall–Kier alpha value is -7.83. The zero-order valence-electron chi connectivity index (χ0n) is 37.0. The molecule has 4 aliphatic rings. The van der Waals surface area contributed by atoms with Crippen LogP contribution in [0.25, 0.3) is 0 Å². The van der Waals surface area contributed by atoms with Crippen LogP contribution in [0.4, 0.5) is 0 Å². The molecule has 2 aliphatic carbocycles. The summed E-state index contributed by atoms with van der Waals surface area (Å²) in [5.74, 6) is -3.31. The Morgan fingerprint density at radius 2 is 1.00 bits per heavy atom. The second-order valence-corrected chi connectivity index (χ2v) is 19.2. The highest BCUT2D eigenvalue weighted by Gasteiger charge is 2.56. The molecule has 0 amide bonds. The van der Waals surface area contributed by atoms with Crippen LogP contribution in [0.3, 0.4) is 0 Å². The maximum Gasteiger partial charge on any atom is 0.135 e. The zero-order chi connectivity index (χ0) is 48.0. The maximum absolute atomic E-state index is 12.8. The third-order valence-electron chi connectivity index (χ3n) is 14.7. The normalized spacial score (nSPS) is 23.9. The van der Waals surface area contributed by atoms with E-state index in [-0.39, 0.29) is 51.8 Å². The van der Waals surface area contributed by atoms with Gasteiger partial charge in [-0.2, -0.15) is 0 Å². The number of fused-ring (bicyclic) bond motifs is 3. The van der Waals surface area contributed by atoms with Crippen LogP contribution in [0.15, 0.2) is 168 Å². The summed E-state index contributed by atoms with van der Waals surface area (Å²) < 4.78 is 13.8. The van der Waals surface area contributed by atoms with Gasteiger partial charge in [0.15, 0.2) is 0 Å². The number of aliphatic hydroxyl groups is 1. The van der Waals surface area contributed by atoms with E-state index in [0.717, 1.165) is 33.4 Å². The van der Waals surface area contributed by atoms with Gasteiger partial charge in [-0.3, -0.25) is 0 Å². The minimum absolute atomic E-state index is 0.00985. The fraction of sp³-hybridized carbons (Fsp3) is 0.193. The highest BCUT2D eigenvalue weighted by Crippen LogP contribution is 2.67. The number of aliphatic hydroxyl groups excluding tert-OH is 1. The van der Waals surface area contributed by atoms with E-state index in [2.05, 4.69) is 0 Å². The van der Waals surface area contributed by atoms with Gasteiger partial charge in [-0.1, -0.05) is 55.5 Å². The lowest BCUT2D eigenvalue weighted by Crippen LogP contribution is -2.35. The standard InChI is InChI=1S/C57H48O11S/c1-27(28-2-10-34(58)11-3-28)48-44(65)25-47-54(50(33-20-40(64)23-41(69)21-33)57(68-47)31-8-16-37(61)17-9-31)55(48)53-42(29-4-12-35(59)13-5-29)24-43-51(53)45(66)26-46-52(43)49(32-18-38(62)22-39(63)19-32)56(67-46)30-6-14-36(60)15-7-30/h2-23,25-27,42,48-50,53,55-66,69H,24H2,1H3/t27-,42?,48?,49+,50-,53?,55?,56-,57+/m1/s1. The third-order valence-corrected chi connectivity index (χ3v) is 15.0. The van der Waals surface area contributed by atoms with Gasteiger partial charge >= 0.3 is 0 Å². The molecule has 7 aromatic rings. The second-order valence-electron chi connectivity index (χ2n) is 18.7. The fourth-order valence-electron chi connectivity index (χ4n) is 11.9. The monoisotopic (exact) mass is 940 g/mol. The predicted molar refractivity (Wildman–Crippen MR) is 260 cm³/mol. The van der Waals surface area contributed by atoms with E-state index >= 15 is 0 Å². The summed E-state index contributed by atoms with van der Waals surface area (Å²) in [6, 6.07) is 38.4. The van der Waals surface area contributed by atoms with Gasteiger partial charge in [0.1, 0.15) is 75.5 Å². The quantitative estimate of drug-likeness (QED) is 0.0650. The van der Waals surface area contributed by atoms with Gasteiger partial charge < -0.3 is 55.4 Å². The first-order chi connectivity index (χ1) is 33.2. The number of hydrogen-bond acceptors (Lipinski definition) is 12. The van der Waals surface area contributed by atoms with Crippen molar-refractivity contribution in [3.05, 3.63) is 213 Å². The number of aromatic hydroxyl groups is 8. The molecule has 0 spiro atoms. The van der Waals surface area contributed by atoms with E-state index in [0.29, 0.717) is 45.1 Å². The molecule has 9 N–H and O–H groups in total. The van der Waals surface area contributed by atoms with Crippen molar-refractivity contribution in [3.63, 3.8) is 0 Å². The van der Waals surface area contributed by atoms with Gasteiger partial charge in [-0.15, -0.1) is 12.6 Å². The van der Waals surface area contributed by atoms with E-state index in [9.17, 15) is 46.0 Å². The SMILES string of the molecule is C[C@H](c1ccc(O)cc1)C1C(O)=CC2=C(C1C1c3c(O)cc4c(c3CC1c1ccc(O)cc1)[C@H](c1cc(O)cc(O)c1)[C@@H](c1ccc(O)cc1)O4)[C@@H](c1cc(O)cc(S)c1)[C@H](c1ccc(O)cc1)O2. The van der Waals surface area contributed by atoms with E-state index in [4.69, 9.17) is 22.1 Å². The average Bonchev–Trinajstić information content (AvgIpc) is 4.01. The minimum atomic E-state index is -0.725. The predicted octanol–water partition coefficient (Wildman–Crippen LogP) is 11.6. The second kappa shape index (κ2) is 16.7. The van der Waals surface area contributed by atoms with Crippen LogP contribution in [0, 0.1) is 11.8 Å². The first kappa shape index (κ1) is 43.7. The molecular weight excluding hydrogens is 893 g/mol. The lowest BCUT2D eigenvalue weighted by Gasteiger charge is -2.42. The molecule has 0 radical (unpaired) electrons. The first-order valence-electron chi connectivity index (χ1n) is 22.8. The lowest BCUT2D eigenvalue weighted by atomic mass is 9.60. The molecule has 0 saturated carbocycles. The summed E-state index contributed by atoms with van der Waals surface area (Å²) in [7, 11) is 0. The third kappa shape index (κ3) is 7.55. The van der Waals surface area contributed by atoms with E-state index in [1.165, 1.54) is 6.07 Å². The van der Waals surface area contributed by atoms with Gasteiger partial charge in [0.2, 0.25) is 0 Å². The van der Waals surface area contributed by atoms with Gasteiger partial charge in [-0.05, 0) is 142 Å². The Morgan fingerprint density at radius 3 is 1.57 bits per heavy atom. The molecule has 2 aliphatic heterocycles. The molecule has 0 aromatic heterocycles. The number of benzene rings is 7. The molecule has 11 nitrogen and oxygen atoms in total. The number of phenols is 8. The number of ether oxygens (including phenoxy) is 2. The Morgan fingerprint density at radius 1 is 0.493 bits per heavy atom. The summed E-state index contributed by atoms with van der Waals surface area (Å²) in [6.45, 7) is 2.02. The Kier molecular flexibility index (Phi) is 10.6. The number of thiol groups is 1. The summed E-state index contributed by atoms with van der Waals surface area (Å²) >= 11 is 4.71. The molecule has 12 heteroatoms. The van der Waals surface area contributed by atoms with Crippen LogP contribution >= 0.6 is 12.6 Å². The van der Waals surface area contributed by atoms with Crippen molar-refractivity contribution < 1.29 is 55.4 Å². The Labute approximate surface area is 402 Å². The van der Waals surface area contributed by atoms with Crippen LogP contribution in [-0.4, -0.2) is 46.0 Å². The van der Waals surface area contributed by atoms with Crippen molar-refractivity contribution in [1.82, 2.24) is 0 Å². The fourth-order valence-corrected chi connectivity index (χ4v) is 12.2. The van der Waals surface area contributed by atoms with Crippen LogP contribution in [-0.2, 0) is 11.2 Å². The summed E-state index contributed by atoms with van der Waals surface area (Å²) in [6.07, 6.45) is 0.568. The highest BCUT2D eigenvalue weighted by molar-refractivity contribution is 7.80. The Bertz CT molecular complexity index is 3160. The van der Waals surface area contributed by atoms with Crippen molar-refractivity contribution >= 4 is 12.6 Å². The molecule has 4 unspecified atom stereocenters. The molecule has 348 valence electrons. The van der Waals surface area contributed by atoms with Crippen LogP contribution in [0.2, 0.25) is 0 Å². The summed E-state index contributed by atoms with van der Waals surface area (Å²) in [4.78, 5) is 0.511. The highest BCUT2D eigenvalue weighted by atomic mass is 32.1. The number of rotatable bonds is 8. The van der Waals surface area contributed by atoms with Crippen molar-refractivity contribution in [1.29, 1.82) is 0 Å². The molecule has 2 heterocycles. The van der Waals surface area contributed by atoms with Gasteiger partial charge in [0, 0.05) is 52.0 Å². The number of allylic oxidation sites excluding steroid dienone is 2. The molecule has 0 saturated heterocycles. The van der Waals surface area contributed by atoms with Gasteiger partial charge in [-0.25, -0.2) is 0 Å². The topological polar surface area (TPSA) is 201 Å². The average molecular weight is 941 g/mol. The lowest BCUT2D eigenvalue weighted by molar-refractivity contribution is 0.140. The van der Waals surface area contributed by atoms with Crippen molar-refractivity contribution in [2.24, 2.45) is 11.8 Å². The minimum Gasteiger partial charge on any atom is -0.512 e. The van der Waals surface area contributed by atoms with Crippen LogP contribution in [0.5, 0.6) is 51.7 Å². The van der Waals surface area contributed by atoms with Gasteiger partial charge in [0.25, 0.3) is 0 Å². The van der Waals surface area contributed by atoms with Crippen molar-refractivity contribution in [3.8, 4) is 51.7 Å². The summed E-state index contributed by atoms with van der Waals surface area (Å²) in [5, 5.41) is 100. The molecular formula is C57H48O11S. The molecule has 69 heavy (non-hydrogen) atoms. The number of phenolic OH excluding ortho intramolecular Hbond substituents is 8. The van der Waals surface area contributed by atoms with E-state index in [1.807, 2.05) is 37.3 Å². The van der Waals surface area contributed by atoms with Gasteiger partial charge in [0.05, 0.1) is 11.8 Å². The van der Waals surface area contributed by atoms with Crippen molar-refractivity contribution in [2.45, 2.75) is 60.0 Å². The molecule has 9 atom stereocenters. The van der Waals surface area contributed by atoms with E-state index < -0.39 is 53.6 Å². The Balaban J connectivity index is 1.19. The van der Waals surface area contributed by atoms with Crippen molar-refractivity contribution in [2.75, 3.05) is 0 Å². The van der Waals surface area contributed by atoms with Crippen LogP contribution < -0.4 is 4.74 Å². The zero-order valence-corrected chi connectivity index (χ0v) is 37.9.